The van der Waals surface area contributed by atoms with Gasteiger partial charge in [-0.25, -0.2) is 4.39 Å². The second-order valence-corrected chi connectivity index (χ2v) is 10.4. The van der Waals surface area contributed by atoms with Crippen molar-refractivity contribution < 1.29 is 23.0 Å². The summed E-state index contributed by atoms with van der Waals surface area (Å²) in [7, 11) is 0. The second kappa shape index (κ2) is 16.8. The predicted octanol–water partition coefficient (Wildman–Crippen LogP) is 9.44. The van der Waals surface area contributed by atoms with E-state index in [2.05, 4.69) is 38.1 Å². The SMILES string of the molecule is CCCCCCCCCOc1ccc(C2OCC(c3ccc(CCCCCCC)cc3)CO2)c(F)c1F. The van der Waals surface area contributed by atoms with Crippen molar-refractivity contribution in [2.45, 2.75) is 110 Å². The Morgan fingerprint density at radius 1 is 0.703 bits per heavy atom. The summed E-state index contributed by atoms with van der Waals surface area (Å²) < 4.78 is 46.6. The molecule has 2 aromatic carbocycles. The normalized spacial score (nSPS) is 17.7. The van der Waals surface area contributed by atoms with Crippen molar-refractivity contribution in [2.24, 2.45) is 0 Å². The molecule has 1 aliphatic rings. The minimum absolute atomic E-state index is 0.0497. The fourth-order valence-corrected chi connectivity index (χ4v) is 4.85. The first-order chi connectivity index (χ1) is 18.1. The van der Waals surface area contributed by atoms with Gasteiger partial charge in [0.05, 0.1) is 19.8 Å². The van der Waals surface area contributed by atoms with Gasteiger partial charge in [-0.15, -0.1) is 0 Å². The van der Waals surface area contributed by atoms with E-state index in [1.165, 1.54) is 75.5 Å². The van der Waals surface area contributed by atoms with E-state index >= 15 is 0 Å². The summed E-state index contributed by atoms with van der Waals surface area (Å²) in [6, 6.07) is 11.6. The van der Waals surface area contributed by atoms with Crippen LogP contribution in [-0.4, -0.2) is 19.8 Å². The molecule has 0 bridgehead atoms. The van der Waals surface area contributed by atoms with Crippen molar-refractivity contribution in [1.29, 1.82) is 0 Å². The molecule has 2 aromatic rings. The van der Waals surface area contributed by atoms with E-state index in [1.807, 2.05) is 0 Å². The molecule has 0 radical (unpaired) electrons. The fourth-order valence-electron chi connectivity index (χ4n) is 4.85. The maximum absolute atomic E-state index is 14.8. The van der Waals surface area contributed by atoms with E-state index in [-0.39, 0.29) is 17.2 Å². The molecule has 0 aliphatic carbocycles. The molecule has 1 aliphatic heterocycles. The Bertz CT molecular complexity index is 892. The van der Waals surface area contributed by atoms with E-state index in [0.29, 0.717) is 19.8 Å². The minimum Gasteiger partial charge on any atom is -0.490 e. The molecule has 206 valence electrons. The zero-order valence-corrected chi connectivity index (χ0v) is 22.9. The highest BCUT2D eigenvalue weighted by Crippen LogP contribution is 2.34. The van der Waals surface area contributed by atoms with Gasteiger partial charge in [0.25, 0.3) is 0 Å². The Hall–Kier alpha value is -1.98. The Balaban J connectivity index is 1.42. The molecule has 3 rings (SSSR count). The quantitative estimate of drug-likeness (QED) is 0.196. The van der Waals surface area contributed by atoms with Crippen LogP contribution in [0.3, 0.4) is 0 Å². The van der Waals surface area contributed by atoms with Crippen LogP contribution in [0.5, 0.6) is 5.75 Å². The third-order valence-corrected chi connectivity index (χ3v) is 7.25. The zero-order chi connectivity index (χ0) is 26.3. The molecule has 1 fully saturated rings. The molecule has 3 nitrogen and oxygen atoms in total. The smallest absolute Gasteiger partial charge is 0.201 e. The maximum atomic E-state index is 14.8. The summed E-state index contributed by atoms with van der Waals surface area (Å²) in [4.78, 5) is 0. The van der Waals surface area contributed by atoms with E-state index in [9.17, 15) is 8.78 Å². The topological polar surface area (TPSA) is 27.7 Å². The number of hydrogen-bond donors (Lipinski definition) is 0. The van der Waals surface area contributed by atoms with Gasteiger partial charge in [0, 0.05) is 11.5 Å². The number of halogens is 2. The zero-order valence-electron chi connectivity index (χ0n) is 22.9. The number of ether oxygens (including phenoxy) is 3. The van der Waals surface area contributed by atoms with Gasteiger partial charge < -0.3 is 14.2 Å². The first kappa shape index (κ1) is 29.6. The van der Waals surface area contributed by atoms with Gasteiger partial charge in [0.15, 0.2) is 17.9 Å². The number of unbranched alkanes of at least 4 members (excludes halogenated alkanes) is 10. The van der Waals surface area contributed by atoms with E-state index in [1.54, 1.807) is 0 Å². The van der Waals surface area contributed by atoms with Gasteiger partial charge in [-0.1, -0.05) is 102 Å². The van der Waals surface area contributed by atoms with Crippen LogP contribution in [0.25, 0.3) is 0 Å². The lowest BCUT2D eigenvalue weighted by Gasteiger charge is -2.30. The first-order valence-electron chi connectivity index (χ1n) is 14.6. The Kier molecular flexibility index (Phi) is 13.4. The van der Waals surface area contributed by atoms with Gasteiger partial charge in [-0.3, -0.25) is 0 Å². The van der Waals surface area contributed by atoms with Gasteiger partial charge in [-0.05, 0) is 42.5 Å². The van der Waals surface area contributed by atoms with Crippen LogP contribution in [0.2, 0.25) is 0 Å². The summed E-state index contributed by atoms with van der Waals surface area (Å²) >= 11 is 0. The third-order valence-electron chi connectivity index (χ3n) is 7.25. The van der Waals surface area contributed by atoms with Crippen molar-refractivity contribution in [3.05, 3.63) is 64.7 Å². The average Bonchev–Trinajstić information content (AvgIpc) is 2.93. The minimum atomic E-state index is -0.972. The largest absolute Gasteiger partial charge is 0.490 e. The summed E-state index contributed by atoms with van der Waals surface area (Å²) in [6.07, 6.45) is 14.6. The van der Waals surface area contributed by atoms with Crippen LogP contribution in [0.4, 0.5) is 8.78 Å². The molecule has 0 aromatic heterocycles. The van der Waals surface area contributed by atoms with Crippen LogP contribution in [-0.2, 0) is 15.9 Å². The number of rotatable bonds is 17. The Morgan fingerprint density at radius 2 is 1.30 bits per heavy atom. The molecule has 1 heterocycles. The van der Waals surface area contributed by atoms with Gasteiger partial charge in [0.1, 0.15) is 0 Å². The molecule has 0 unspecified atom stereocenters. The van der Waals surface area contributed by atoms with Gasteiger partial charge in [-0.2, -0.15) is 4.39 Å². The van der Waals surface area contributed by atoms with Crippen molar-refractivity contribution in [1.82, 2.24) is 0 Å². The number of benzene rings is 2. The highest BCUT2D eigenvalue weighted by Gasteiger charge is 2.28. The van der Waals surface area contributed by atoms with Crippen molar-refractivity contribution in [2.75, 3.05) is 19.8 Å². The molecule has 37 heavy (non-hydrogen) atoms. The average molecular weight is 517 g/mol. The standard InChI is InChI=1S/C32H46F2O3/c1-3-5-7-9-10-12-14-22-35-29-21-20-28(30(33)31(29)34)32-36-23-27(24-37-32)26-18-16-25(17-19-26)15-13-11-8-6-4-2/h16-21,27,32H,3-15,22-24H2,1-2H3. The molecule has 0 spiro atoms. The summed E-state index contributed by atoms with van der Waals surface area (Å²) in [5.41, 5.74) is 2.58. The maximum Gasteiger partial charge on any atom is 0.201 e. The summed E-state index contributed by atoms with van der Waals surface area (Å²) in [5.74, 6) is -1.90. The lowest BCUT2D eigenvalue weighted by Crippen LogP contribution is -2.26. The number of aryl methyl sites for hydroxylation is 1. The van der Waals surface area contributed by atoms with Crippen molar-refractivity contribution in [3.63, 3.8) is 0 Å². The third kappa shape index (κ3) is 9.68. The van der Waals surface area contributed by atoms with E-state index in [4.69, 9.17) is 14.2 Å². The van der Waals surface area contributed by atoms with Crippen LogP contribution in [0, 0.1) is 11.6 Å². The van der Waals surface area contributed by atoms with E-state index < -0.39 is 17.9 Å². The monoisotopic (exact) mass is 516 g/mol. The van der Waals surface area contributed by atoms with Crippen LogP contribution in [0.15, 0.2) is 36.4 Å². The van der Waals surface area contributed by atoms with Crippen molar-refractivity contribution in [3.8, 4) is 5.75 Å². The lowest BCUT2D eigenvalue weighted by molar-refractivity contribution is -0.193. The number of hydrogen-bond acceptors (Lipinski definition) is 3. The van der Waals surface area contributed by atoms with Crippen LogP contribution >= 0.6 is 0 Å². The molecular formula is C32H46F2O3. The molecule has 0 N–H and O–H groups in total. The summed E-state index contributed by atoms with van der Waals surface area (Å²) in [5, 5.41) is 0. The lowest BCUT2D eigenvalue weighted by atomic mass is 9.97. The molecule has 5 heteroatoms. The van der Waals surface area contributed by atoms with E-state index in [0.717, 1.165) is 31.2 Å². The Morgan fingerprint density at radius 3 is 1.95 bits per heavy atom. The van der Waals surface area contributed by atoms with Crippen molar-refractivity contribution >= 4 is 0 Å². The molecule has 0 atom stereocenters. The second-order valence-electron chi connectivity index (χ2n) is 10.4. The predicted molar refractivity (Wildman–Crippen MR) is 146 cm³/mol. The highest BCUT2D eigenvalue weighted by atomic mass is 19.2. The molecule has 0 saturated carbocycles. The Labute approximate surface area is 222 Å². The first-order valence-corrected chi connectivity index (χ1v) is 14.6. The van der Waals surface area contributed by atoms with Gasteiger partial charge >= 0.3 is 0 Å². The van der Waals surface area contributed by atoms with Crippen LogP contribution < -0.4 is 4.74 Å². The molecular weight excluding hydrogens is 470 g/mol. The summed E-state index contributed by atoms with van der Waals surface area (Å²) in [6.45, 7) is 5.63. The molecule has 0 amide bonds. The van der Waals surface area contributed by atoms with Gasteiger partial charge in [0.2, 0.25) is 5.82 Å². The van der Waals surface area contributed by atoms with Crippen LogP contribution in [0.1, 0.15) is 120 Å². The fraction of sp³-hybridized carbons (Fsp3) is 0.625. The molecule has 1 saturated heterocycles. The highest BCUT2D eigenvalue weighted by molar-refractivity contribution is 5.32.